The van der Waals surface area contributed by atoms with Crippen molar-refractivity contribution in [3.05, 3.63) is 28.0 Å². The number of nitrogens with zero attached hydrogens (tertiary/aromatic N) is 1. The Hall–Kier alpha value is -1.56. The Kier molecular flexibility index (Phi) is 3.65. The summed E-state index contributed by atoms with van der Waals surface area (Å²) in [5.74, 6) is -0.400. The van der Waals surface area contributed by atoms with E-state index in [1.165, 1.54) is 6.07 Å². The molecule has 0 saturated carbocycles. The van der Waals surface area contributed by atoms with Crippen LogP contribution in [0.5, 0.6) is 0 Å². The quantitative estimate of drug-likeness (QED) is 0.464. The number of fused-ring (bicyclic) bond motifs is 1. The molecule has 0 spiro atoms. The molecule has 0 amide bonds. The van der Waals surface area contributed by atoms with Crippen LogP contribution in [0.2, 0.25) is 0 Å². The van der Waals surface area contributed by atoms with Gasteiger partial charge in [0, 0.05) is 0 Å². The van der Waals surface area contributed by atoms with Gasteiger partial charge >= 0.3 is 5.88 Å². The topological polar surface area (TPSA) is 145 Å². The molecule has 0 aromatic carbocycles. The van der Waals surface area contributed by atoms with Gasteiger partial charge in [-0.25, -0.2) is 0 Å². The first-order chi connectivity index (χ1) is 9.97. The van der Waals surface area contributed by atoms with E-state index < -0.39 is 47.8 Å². The average Bonchev–Trinajstić information content (AvgIpc) is 2.95. The zero-order valence-electron chi connectivity index (χ0n) is 10.6. The highest BCUT2D eigenvalue weighted by Crippen LogP contribution is 2.35. The molecule has 2 unspecified atom stereocenters. The zero-order chi connectivity index (χ0) is 15.1. The van der Waals surface area contributed by atoms with Crippen molar-refractivity contribution in [1.82, 2.24) is 0 Å². The van der Waals surface area contributed by atoms with Gasteiger partial charge < -0.3 is 33.9 Å². The lowest BCUT2D eigenvalue weighted by atomic mass is 9.98. The molecule has 3 N–H and O–H groups in total. The fourth-order valence-electron chi connectivity index (χ4n) is 2.30. The van der Waals surface area contributed by atoms with Crippen molar-refractivity contribution in [2.24, 2.45) is 0 Å². The number of hydrogen-bond donors (Lipinski definition) is 3. The molecule has 3 heterocycles. The van der Waals surface area contributed by atoms with Crippen molar-refractivity contribution in [3.63, 3.8) is 0 Å². The van der Waals surface area contributed by atoms with E-state index in [9.17, 15) is 25.4 Å². The standard InChI is InChI=1S/C11H13NO9/c13-7-8(14)10(15)20-5-3-18-11(21-9(5)7)4-1-2-6(19-4)12(16)17/h1-2,5,7-11,13-15H,3H2/t5-,7-,8-,9-,10?,11?/m1/s1. The summed E-state index contributed by atoms with van der Waals surface area (Å²) in [6, 6.07) is 2.48. The predicted octanol–water partition coefficient (Wildman–Crippen LogP) is -0.959. The van der Waals surface area contributed by atoms with Gasteiger partial charge in [0.1, 0.15) is 29.3 Å². The average molecular weight is 303 g/mol. The third kappa shape index (κ3) is 2.52. The molecule has 2 aliphatic rings. The van der Waals surface area contributed by atoms with Gasteiger partial charge in [-0.1, -0.05) is 0 Å². The monoisotopic (exact) mass is 303 g/mol. The molecular formula is C11H13NO9. The first-order valence-corrected chi connectivity index (χ1v) is 6.18. The minimum Gasteiger partial charge on any atom is -0.400 e. The van der Waals surface area contributed by atoms with E-state index in [4.69, 9.17) is 18.6 Å². The van der Waals surface area contributed by atoms with Crippen LogP contribution in [-0.4, -0.2) is 57.6 Å². The summed E-state index contributed by atoms with van der Waals surface area (Å²) in [6.07, 6.45) is -7.22. The van der Waals surface area contributed by atoms with E-state index in [0.717, 1.165) is 6.07 Å². The van der Waals surface area contributed by atoms with Crippen molar-refractivity contribution in [3.8, 4) is 0 Å². The van der Waals surface area contributed by atoms with Gasteiger partial charge in [-0.3, -0.25) is 10.1 Å². The summed E-state index contributed by atoms with van der Waals surface area (Å²) < 4.78 is 20.7. The molecule has 2 aliphatic heterocycles. The Morgan fingerprint density at radius 3 is 2.62 bits per heavy atom. The molecule has 2 fully saturated rings. The van der Waals surface area contributed by atoms with E-state index in [2.05, 4.69) is 0 Å². The Morgan fingerprint density at radius 1 is 1.19 bits per heavy atom. The largest absolute Gasteiger partial charge is 0.433 e. The zero-order valence-corrected chi connectivity index (χ0v) is 10.6. The van der Waals surface area contributed by atoms with Crippen molar-refractivity contribution >= 4 is 5.88 Å². The summed E-state index contributed by atoms with van der Waals surface area (Å²) in [5.41, 5.74) is 0. The summed E-state index contributed by atoms with van der Waals surface area (Å²) in [6.45, 7) is -0.0370. The molecule has 0 radical (unpaired) electrons. The minimum atomic E-state index is -1.53. The van der Waals surface area contributed by atoms with Gasteiger partial charge in [-0.15, -0.1) is 0 Å². The highest BCUT2D eigenvalue weighted by molar-refractivity contribution is 5.18. The summed E-state index contributed by atoms with van der Waals surface area (Å²) in [5, 5.41) is 39.4. The van der Waals surface area contributed by atoms with E-state index in [-0.39, 0.29) is 12.4 Å². The van der Waals surface area contributed by atoms with Crippen LogP contribution in [0.1, 0.15) is 12.1 Å². The van der Waals surface area contributed by atoms with Gasteiger partial charge in [-0.2, -0.15) is 0 Å². The lowest BCUT2D eigenvalue weighted by molar-refractivity contribution is -0.404. The molecule has 6 atom stereocenters. The maximum Gasteiger partial charge on any atom is 0.433 e. The maximum absolute atomic E-state index is 10.6. The molecule has 0 bridgehead atoms. The van der Waals surface area contributed by atoms with Gasteiger partial charge in [0.05, 0.1) is 12.7 Å². The van der Waals surface area contributed by atoms with Crippen molar-refractivity contribution in [1.29, 1.82) is 0 Å². The number of hydrogen-bond acceptors (Lipinski definition) is 9. The number of aliphatic hydroxyl groups excluding tert-OH is 3. The Morgan fingerprint density at radius 2 is 1.95 bits per heavy atom. The van der Waals surface area contributed by atoms with E-state index in [1.807, 2.05) is 0 Å². The number of ether oxygens (including phenoxy) is 3. The van der Waals surface area contributed by atoms with Crippen LogP contribution in [0.25, 0.3) is 0 Å². The first-order valence-electron chi connectivity index (χ1n) is 6.18. The number of furan rings is 1. The lowest BCUT2D eigenvalue weighted by Crippen LogP contribution is -2.61. The second kappa shape index (κ2) is 5.33. The van der Waals surface area contributed by atoms with Gasteiger partial charge in [-0.05, 0) is 6.07 Å². The summed E-state index contributed by atoms with van der Waals surface area (Å²) >= 11 is 0. The second-order valence-corrected chi connectivity index (χ2v) is 4.75. The van der Waals surface area contributed by atoms with Crippen LogP contribution in [-0.2, 0) is 14.2 Å². The molecule has 1 aromatic rings. The van der Waals surface area contributed by atoms with Crippen LogP contribution >= 0.6 is 0 Å². The Balaban J connectivity index is 1.75. The normalized spacial score (nSPS) is 39.8. The Labute approximate surface area is 117 Å². The summed E-state index contributed by atoms with van der Waals surface area (Å²) in [7, 11) is 0. The molecular weight excluding hydrogens is 290 g/mol. The predicted molar refractivity (Wildman–Crippen MR) is 61.8 cm³/mol. The number of aliphatic hydroxyl groups is 3. The van der Waals surface area contributed by atoms with Crippen LogP contribution in [0.4, 0.5) is 5.88 Å². The molecule has 2 saturated heterocycles. The third-order valence-electron chi connectivity index (χ3n) is 3.38. The third-order valence-corrected chi connectivity index (χ3v) is 3.38. The summed E-state index contributed by atoms with van der Waals surface area (Å²) in [4.78, 5) is 9.86. The van der Waals surface area contributed by atoms with Crippen molar-refractivity contribution in [2.75, 3.05) is 6.61 Å². The molecule has 3 rings (SSSR count). The lowest BCUT2D eigenvalue weighted by Gasteiger charge is -2.44. The number of nitro groups is 1. The van der Waals surface area contributed by atoms with Crippen LogP contribution in [0.3, 0.4) is 0 Å². The van der Waals surface area contributed by atoms with E-state index in [1.54, 1.807) is 0 Å². The van der Waals surface area contributed by atoms with Crippen LogP contribution in [0, 0.1) is 10.1 Å². The SMILES string of the molecule is O=[N+]([O-])c1ccc(C2OC[C@H]3OC(O)[C@H](O)[C@@H](O)[C@@H]3O2)o1. The smallest absolute Gasteiger partial charge is 0.400 e. The van der Waals surface area contributed by atoms with E-state index >= 15 is 0 Å². The molecule has 10 nitrogen and oxygen atoms in total. The highest BCUT2D eigenvalue weighted by atomic mass is 16.7. The van der Waals surface area contributed by atoms with Gasteiger partial charge in [0.25, 0.3) is 0 Å². The van der Waals surface area contributed by atoms with Crippen molar-refractivity contribution in [2.45, 2.75) is 37.0 Å². The van der Waals surface area contributed by atoms with Gasteiger partial charge in [0.15, 0.2) is 12.1 Å². The maximum atomic E-state index is 10.6. The number of rotatable bonds is 2. The highest BCUT2D eigenvalue weighted by Gasteiger charge is 2.48. The van der Waals surface area contributed by atoms with Gasteiger partial charge in [0.2, 0.25) is 6.29 Å². The van der Waals surface area contributed by atoms with Crippen LogP contribution < -0.4 is 0 Å². The van der Waals surface area contributed by atoms with Crippen molar-refractivity contribution < 1.29 is 38.9 Å². The first kappa shape index (κ1) is 14.4. The fraction of sp³-hybridized carbons (Fsp3) is 0.636. The molecule has 1 aromatic heterocycles. The molecule has 21 heavy (non-hydrogen) atoms. The van der Waals surface area contributed by atoms with Crippen LogP contribution in [0.15, 0.2) is 16.5 Å². The van der Waals surface area contributed by atoms with E-state index in [0.29, 0.717) is 0 Å². The molecule has 0 aliphatic carbocycles. The molecule has 116 valence electrons. The second-order valence-electron chi connectivity index (χ2n) is 4.75. The fourth-order valence-corrected chi connectivity index (χ4v) is 2.30. The minimum absolute atomic E-state index is 0.0370. The Bertz CT molecular complexity index is 530. The molecule has 10 heteroatoms.